The van der Waals surface area contributed by atoms with Crippen molar-refractivity contribution in [3.63, 3.8) is 0 Å². The van der Waals surface area contributed by atoms with E-state index in [-0.39, 0.29) is 11.8 Å². The Morgan fingerprint density at radius 1 is 1.26 bits per heavy atom. The number of amides is 2. The Balaban J connectivity index is 1.75. The van der Waals surface area contributed by atoms with Crippen LogP contribution in [0.15, 0.2) is 48.7 Å². The molecule has 0 aliphatic carbocycles. The number of ether oxygens (including phenoxy) is 1. The van der Waals surface area contributed by atoms with Crippen LogP contribution in [-0.4, -0.2) is 35.4 Å². The molecule has 0 radical (unpaired) electrons. The fourth-order valence-electron chi connectivity index (χ4n) is 3.44. The van der Waals surface area contributed by atoms with E-state index in [1.807, 2.05) is 49.4 Å². The van der Waals surface area contributed by atoms with E-state index in [9.17, 15) is 9.59 Å². The first kappa shape index (κ1) is 17.1. The van der Waals surface area contributed by atoms with Crippen molar-refractivity contribution in [1.29, 1.82) is 0 Å². The SMILES string of the molecule is COc1ccc2[nH]cc([C@@H](C(=O)Nc3ccccc3C)N3CCC3=O)c2c1. The summed E-state index contributed by atoms with van der Waals surface area (Å²) in [6.07, 6.45) is 2.28. The molecule has 1 saturated heterocycles. The third kappa shape index (κ3) is 3.03. The molecule has 1 fully saturated rings. The number of carbonyl (C=O) groups is 2. The number of aromatic nitrogens is 1. The number of methoxy groups -OCH3 is 1. The molecule has 138 valence electrons. The van der Waals surface area contributed by atoms with Crippen molar-refractivity contribution in [3.8, 4) is 5.75 Å². The van der Waals surface area contributed by atoms with Crippen molar-refractivity contribution < 1.29 is 14.3 Å². The normalized spacial score (nSPS) is 14.7. The lowest BCUT2D eigenvalue weighted by Crippen LogP contribution is -2.49. The van der Waals surface area contributed by atoms with Crippen LogP contribution in [0.3, 0.4) is 0 Å². The summed E-state index contributed by atoms with van der Waals surface area (Å²) in [5.41, 5.74) is 3.38. The maximum absolute atomic E-state index is 13.2. The molecular weight excluding hydrogens is 342 g/mol. The molecule has 27 heavy (non-hydrogen) atoms. The fraction of sp³-hybridized carbons (Fsp3) is 0.238. The maximum atomic E-state index is 13.2. The number of anilines is 1. The van der Waals surface area contributed by atoms with Crippen LogP contribution in [0.1, 0.15) is 23.6 Å². The van der Waals surface area contributed by atoms with Crippen molar-refractivity contribution in [3.05, 3.63) is 59.8 Å². The van der Waals surface area contributed by atoms with Crippen molar-refractivity contribution in [2.24, 2.45) is 0 Å². The zero-order valence-corrected chi connectivity index (χ0v) is 15.3. The first-order valence-corrected chi connectivity index (χ1v) is 8.89. The van der Waals surface area contributed by atoms with Gasteiger partial charge in [-0.3, -0.25) is 9.59 Å². The minimum atomic E-state index is -0.688. The standard InChI is InChI=1S/C21H21N3O3/c1-13-5-3-4-6-17(13)23-21(26)20(24-10-9-19(24)25)16-12-22-18-8-7-14(27-2)11-15(16)18/h3-8,11-12,20,22H,9-10H2,1-2H3,(H,23,26)/t20-/m0/s1. The van der Waals surface area contributed by atoms with Crippen LogP contribution in [0.25, 0.3) is 10.9 Å². The number of β-lactam (4-membered cyclic amide) rings is 1. The Labute approximate surface area is 157 Å². The van der Waals surface area contributed by atoms with Gasteiger partial charge in [-0.25, -0.2) is 0 Å². The second-order valence-electron chi connectivity index (χ2n) is 6.70. The van der Waals surface area contributed by atoms with Crippen LogP contribution in [0.4, 0.5) is 5.69 Å². The monoisotopic (exact) mass is 363 g/mol. The van der Waals surface area contributed by atoms with Gasteiger partial charge in [0.15, 0.2) is 0 Å². The summed E-state index contributed by atoms with van der Waals surface area (Å²) in [7, 11) is 1.61. The first-order chi connectivity index (χ1) is 13.1. The molecule has 0 unspecified atom stereocenters. The number of carbonyl (C=O) groups excluding carboxylic acids is 2. The summed E-state index contributed by atoms with van der Waals surface area (Å²) in [6, 6.07) is 12.6. The highest BCUT2D eigenvalue weighted by atomic mass is 16.5. The zero-order valence-electron chi connectivity index (χ0n) is 15.3. The van der Waals surface area contributed by atoms with E-state index in [0.29, 0.717) is 18.7 Å². The lowest BCUT2D eigenvalue weighted by Gasteiger charge is -2.37. The quantitative estimate of drug-likeness (QED) is 0.682. The smallest absolute Gasteiger partial charge is 0.251 e. The highest BCUT2D eigenvalue weighted by Crippen LogP contribution is 2.34. The maximum Gasteiger partial charge on any atom is 0.251 e. The van der Waals surface area contributed by atoms with Crippen molar-refractivity contribution in [1.82, 2.24) is 9.88 Å². The Morgan fingerprint density at radius 2 is 2.07 bits per heavy atom. The van der Waals surface area contributed by atoms with Gasteiger partial charge in [-0.2, -0.15) is 0 Å². The van der Waals surface area contributed by atoms with Gasteiger partial charge in [0.25, 0.3) is 5.91 Å². The summed E-state index contributed by atoms with van der Waals surface area (Å²) < 4.78 is 5.33. The fourth-order valence-corrected chi connectivity index (χ4v) is 3.44. The molecule has 2 amide bonds. The lowest BCUT2D eigenvalue weighted by molar-refractivity contribution is -0.147. The molecule has 4 rings (SSSR count). The predicted molar refractivity (Wildman–Crippen MR) is 104 cm³/mol. The number of para-hydroxylation sites is 1. The largest absolute Gasteiger partial charge is 0.497 e. The number of likely N-dealkylation sites (tertiary alicyclic amines) is 1. The molecule has 1 aromatic heterocycles. The Bertz CT molecular complexity index is 1020. The number of aryl methyl sites for hydroxylation is 1. The molecule has 3 aromatic rings. The highest BCUT2D eigenvalue weighted by Gasteiger charge is 2.38. The third-order valence-electron chi connectivity index (χ3n) is 5.07. The van der Waals surface area contributed by atoms with E-state index in [0.717, 1.165) is 27.7 Å². The number of nitrogens with one attached hydrogen (secondary N) is 2. The number of aromatic amines is 1. The molecule has 6 nitrogen and oxygen atoms in total. The van der Waals surface area contributed by atoms with Gasteiger partial charge in [0.05, 0.1) is 7.11 Å². The average molecular weight is 363 g/mol. The molecule has 0 spiro atoms. The number of H-pyrrole nitrogens is 1. The molecule has 2 heterocycles. The van der Waals surface area contributed by atoms with Crippen LogP contribution in [0.2, 0.25) is 0 Å². The van der Waals surface area contributed by atoms with Crippen LogP contribution in [-0.2, 0) is 9.59 Å². The highest BCUT2D eigenvalue weighted by molar-refractivity contribution is 6.02. The number of nitrogens with zero attached hydrogens (tertiary/aromatic N) is 1. The van der Waals surface area contributed by atoms with Gasteiger partial charge in [-0.05, 0) is 36.8 Å². The summed E-state index contributed by atoms with van der Waals surface area (Å²) >= 11 is 0. The van der Waals surface area contributed by atoms with E-state index >= 15 is 0 Å². The van der Waals surface area contributed by atoms with Crippen LogP contribution >= 0.6 is 0 Å². The molecule has 1 aliphatic heterocycles. The number of fused-ring (bicyclic) bond motifs is 1. The minimum absolute atomic E-state index is 0.0165. The van der Waals surface area contributed by atoms with Crippen LogP contribution < -0.4 is 10.1 Å². The molecular formula is C21H21N3O3. The van der Waals surface area contributed by atoms with Gasteiger partial charge in [-0.1, -0.05) is 18.2 Å². The van der Waals surface area contributed by atoms with E-state index in [1.54, 1.807) is 18.2 Å². The first-order valence-electron chi connectivity index (χ1n) is 8.89. The second-order valence-corrected chi connectivity index (χ2v) is 6.70. The predicted octanol–water partition coefficient (Wildman–Crippen LogP) is 3.40. The topological polar surface area (TPSA) is 74.4 Å². The van der Waals surface area contributed by atoms with Gasteiger partial charge in [0, 0.05) is 41.3 Å². The summed E-state index contributed by atoms with van der Waals surface area (Å²) in [5, 5.41) is 3.86. The Hall–Kier alpha value is -3.28. The van der Waals surface area contributed by atoms with Crippen molar-refractivity contribution >= 4 is 28.4 Å². The molecule has 1 atom stereocenters. The van der Waals surface area contributed by atoms with Gasteiger partial charge >= 0.3 is 0 Å². The summed E-state index contributed by atoms with van der Waals surface area (Å²) in [5.74, 6) is 0.467. The van der Waals surface area contributed by atoms with Gasteiger partial charge in [0.1, 0.15) is 11.8 Å². The minimum Gasteiger partial charge on any atom is -0.497 e. The molecule has 0 bridgehead atoms. The van der Waals surface area contributed by atoms with E-state index in [4.69, 9.17) is 4.74 Å². The van der Waals surface area contributed by atoms with E-state index < -0.39 is 6.04 Å². The zero-order chi connectivity index (χ0) is 19.0. The summed E-state index contributed by atoms with van der Waals surface area (Å²) in [6.45, 7) is 2.51. The molecule has 0 saturated carbocycles. The van der Waals surface area contributed by atoms with E-state index in [1.165, 1.54) is 0 Å². The number of rotatable bonds is 5. The average Bonchev–Trinajstić information content (AvgIpc) is 3.09. The van der Waals surface area contributed by atoms with E-state index in [2.05, 4.69) is 10.3 Å². The Morgan fingerprint density at radius 3 is 2.74 bits per heavy atom. The van der Waals surface area contributed by atoms with Crippen LogP contribution in [0, 0.1) is 6.92 Å². The molecule has 2 aromatic carbocycles. The number of hydrogen-bond acceptors (Lipinski definition) is 3. The summed E-state index contributed by atoms with van der Waals surface area (Å²) in [4.78, 5) is 30.2. The van der Waals surface area contributed by atoms with Gasteiger partial charge in [-0.15, -0.1) is 0 Å². The second kappa shape index (κ2) is 6.79. The van der Waals surface area contributed by atoms with Crippen molar-refractivity contribution in [2.75, 3.05) is 19.0 Å². The Kier molecular flexibility index (Phi) is 4.32. The lowest BCUT2D eigenvalue weighted by atomic mass is 9.99. The van der Waals surface area contributed by atoms with Crippen LogP contribution in [0.5, 0.6) is 5.75 Å². The molecule has 2 N–H and O–H groups in total. The van der Waals surface area contributed by atoms with Crippen molar-refractivity contribution in [2.45, 2.75) is 19.4 Å². The van der Waals surface area contributed by atoms with Gasteiger partial charge < -0.3 is 19.9 Å². The number of benzene rings is 2. The van der Waals surface area contributed by atoms with Gasteiger partial charge in [0.2, 0.25) is 5.91 Å². The number of hydrogen-bond donors (Lipinski definition) is 2. The molecule has 6 heteroatoms. The molecule has 1 aliphatic rings. The third-order valence-corrected chi connectivity index (χ3v) is 5.07.